The number of nitrogens with zero attached hydrogens (tertiary/aromatic N) is 1. The number of hydrogen-bond donors (Lipinski definition) is 0. The second-order valence-electron chi connectivity index (χ2n) is 6.55. The molecule has 1 heteroatoms. The minimum Gasteiger partial charge on any atom is -0.203 e. The van der Waals surface area contributed by atoms with Crippen LogP contribution in [-0.2, 0) is 12.0 Å². The van der Waals surface area contributed by atoms with Crippen molar-refractivity contribution in [3.05, 3.63) is 138 Å². The van der Waals surface area contributed by atoms with E-state index in [2.05, 4.69) is 126 Å². The van der Waals surface area contributed by atoms with Gasteiger partial charge in [0.15, 0.2) is 18.9 Å². The molecule has 0 N–H and O–H groups in total. The van der Waals surface area contributed by atoms with Gasteiger partial charge in [0.2, 0.25) is 0 Å². The topological polar surface area (TPSA) is 3.88 Å². The van der Waals surface area contributed by atoms with E-state index >= 15 is 0 Å². The zero-order valence-electron chi connectivity index (χ0n) is 14.7. The number of benzene rings is 3. The first kappa shape index (κ1) is 16.3. The van der Waals surface area contributed by atoms with Gasteiger partial charge < -0.3 is 0 Å². The van der Waals surface area contributed by atoms with Crippen LogP contribution in [-0.4, -0.2) is 0 Å². The summed E-state index contributed by atoms with van der Waals surface area (Å²) < 4.78 is 2.27. The summed E-state index contributed by atoms with van der Waals surface area (Å²) in [7, 11) is 0. The van der Waals surface area contributed by atoms with Crippen molar-refractivity contribution < 1.29 is 4.57 Å². The zero-order valence-corrected chi connectivity index (χ0v) is 14.7. The lowest BCUT2D eigenvalue weighted by Gasteiger charge is -2.33. The van der Waals surface area contributed by atoms with Crippen LogP contribution in [0.4, 0.5) is 0 Å². The molecule has 4 aromatic rings. The Bertz CT molecular complexity index is 836. The van der Waals surface area contributed by atoms with Gasteiger partial charge in [-0.2, -0.15) is 0 Å². The van der Waals surface area contributed by atoms with E-state index in [4.69, 9.17) is 0 Å². The van der Waals surface area contributed by atoms with Gasteiger partial charge in [0.25, 0.3) is 0 Å². The van der Waals surface area contributed by atoms with Crippen LogP contribution in [0.1, 0.15) is 16.7 Å². The van der Waals surface area contributed by atoms with Crippen LogP contribution >= 0.6 is 0 Å². The van der Waals surface area contributed by atoms with Crippen LogP contribution in [0, 0.1) is 0 Å². The highest BCUT2D eigenvalue weighted by molar-refractivity contribution is 5.49. The number of hydrogen-bond acceptors (Lipinski definition) is 0. The number of rotatable bonds is 5. The van der Waals surface area contributed by atoms with Gasteiger partial charge in [-0.15, -0.1) is 0 Å². The van der Waals surface area contributed by atoms with E-state index in [9.17, 15) is 0 Å². The van der Waals surface area contributed by atoms with Gasteiger partial charge in [-0.25, -0.2) is 4.57 Å². The number of aromatic nitrogens is 1. The Kier molecular flexibility index (Phi) is 4.61. The molecule has 0 saturated heterocycles. The van der Waals surface area contributed by atoms with Gasteiger partial charge in [-0.3, -0.25) is 0 Å². The third-order valence-electron chi connectivity index (χ3n) is 5.00. The standard InChI is InChI=1S/C25H22N/c1-5-13-22(14-6-1)25(23-15-7-2-8-16-23,24-17-9-3-10-18-24)21-26-19-11-4-12-20-26/h1-20H,21H2/q+1. The monoisotopic (exact) mass is 336 g/mol. The van der Waals surface area contributed by atoms with Crippen molar-refractivity contribution in [1.82, 2.24) is 0 Å². The smallest absolute Gasteiger partial charge is 0.168 e. The highest BCUT2D eigenvalue weighted by atomic mass is 14.9. The normalized spacial score (nSPS) is 11.2. The molecule has 0 bridgehead atoms. The summed E-state index contributed by atoms with van der Waals surface area (Å²) in [5, 5.41) is 0. The summed E-state index contributed by atoms with van der Waals surface area (Å²) in [5.74, 6) is 0. The first-order valence-corrected chi connectivity index (χ1v) is 9.00. The fraction of sp³-hybridized carbons (Fsp3) is 0.0800. The van der Waals surface area contributed by atoms with E-state index in [1.54, 1.807) is 0 Å². The Hall–Kier alpha value is -3.19. The van der Waals surface area contributed by atoms with Gasteiger partial charge in [0.1, 0.15) is 5.41 Å². The van der Waals surface area contributed by atoms with E-state index in [0.717, 1.165) is 6.54 Å². The molecule has 0 unspecified atom stereocenters. The summed E-state index contributed by atoms with van der Waals surface area (Å²) in [4.78, 5) is 0. The third kappa shape index (κ3) is 3.04. The summed E-state index contributed by atoms with van der Waals surface area (Å²) in [5.41, 5.74) is 3.65. The molecule has 1 nitrogen and oxygen atoms in total. The summed E-state index contributed by atoms with van der Waals surface area (Å²) in [6.45, 7) is 0.839. The molecule has 26 heavy (non-hydrogen) atoms. The molecule has 1 heterocycles. The predicted molar refractivity (Wildman–Crippen MR) is 106 cm³/mol. The summed E-state index contributed by atoms with van der Waals surface area (Å²) >= 11 is 0. The largest absolute Gasteiger partial charge is 0.203 e. The maximum Gasteiger partial charge on any atom is 0.168 e. The quantitative estimate of drug-likeness (QED) is 0.356. The molecule has 0 aliphatic rings. The fourth-order valence-corrected chi connectivity index (χ4v) is 3.76. The molecule has 0 aliphatic heterocycles. The molecule has 0 amide bonds. The molecule has 0 radical (unpaired) electrons. The van der Waals surface area contributed by atoms with E-state index in [0.29, 0.717) is 0 Å². The van der Waals surface area contributed by atoms with Gasteiger partial charge in [-0.1, -0.05) is 97.1 Å². The van der Waals surface area contributed by atoms with Crippen molar-refractivity contribution in [3.8, 4) is 0 Å². The molecule has 0 fully saturated rings. The summed E-state index contributed by atoms with van der Waals surface area (Å²) in [6.07, 6.45) is 4.28. The SMILES string of the molecule is c1ccc(C(C[n+]2ccccc2)(c2ccccc2)c2ccccc2)cc1. The highest BCUT2D eigenvalue weighted by Crippen LogP contribution is 2.39. The molecular formula is C25H22N+. The van der Waals surface area contributed by atoms with Crippen LogP contribution in [0.2, 0.25) is 0 Å². The van der Waals surface area contributed by atoms with Crippen LogP contribution in [0.25, 0.3) is 0 Å². The average molecular weight is 336 g/mol. The van der Waals surface area contributed by atoms with E-state index in [1.807, 2.05) is 0 Å². The Morgan fingerprint density at radius 1 is 0.462 bits per heavy atom. The van der Waals surface area contributed by atoms with Crippen LogP contribution in [0.5, 0.6) is 0 Å². The van der Waals surface area contributed by atoms with Gasteiger partial charge in [0, 0.05) is 12.1 Å². The molecule has 0 aliphatic carbocycles. The van der Waals surface area contributed by atoms with Crippen molar-refractivity contribution in [2.75, 3.05) is 0 Å². The van der Waals surface area contributed by atoms with Crippen LogP contribution in [0.15, 0.2) is 122 Å². The van der Waals surface area contributed by atoms with Crippen LogP contribution < -0.4 is 4.57 Å². The maximum absolute atomic E-state index is 2.27. The first-order chi connectivity index (χ1) is 12.9. The van der Waals surface area contributed by atoms with Crippen molar-refractivity contribution in [2.24, 2.45) is 0 Å². The fourth-order valence-electron chi connectivity index (χ4n) is 3.76. The second-order valence-corrected chi connectivity index (χ2v) is 6.55. The Balaban J connectivity index is 2.00. The van der Waals surface area contributed by atoms with Crippen molar-refractivity contribution in [2.45, 2.75) is 12.0 Å². The van der Waals surface area contributed by atoms with Gasteiger partial charge >= 0.3 is 0 Å². The third-order valence-corrected chi connectivity index (χ3v) is 5.00. The molecule has 0 saturated carbocycles. The first-order valence-electron chi connectivity index (χ1n) is 9.00. The Morgan fingerprint density at radius 2 is 0.808 bits per heavy atom. The minimum atomic E-state index is -0.254. The molecule has 0 atom stereocenters. The lowest BCUT2D eigenvalue weighted by molar-refractivity contribution is -0.702. The minimum absolute atomic E-state index is 0.254. The molecule has 1 aromatic heterocycles. The Morgan fingerprint density at radius 3 is 1.19 bits per heavy atom. The van der Waals surface area contributed by atoms with Crippen molar-refractivity contribution in [1.29, 1.82) is 0 Å². The van der Waals surface area contributed by atoms with Crippen molar-refractivity contribution in [3.63, 3.8) is 0 Å². The Labute approximate surface area is 155 Å². The highest BCUT2D eigenvalue weighted by Gasteiger charge is 2.40. The second kappa shape index (κ2) is 7.37. The molecular weight excluding hydrogens is 314 g/mol. The van der Waals surface area contributed by atoms with E-state index in [1.165, 1.54) is 16.7 Å². The molecule has 0 spiro atoms. The average Bonchev–Trinajstić information content (AvgIpc) is 2.75. The van der Waals surface area contributed by atoms with Gasteiger partial charge in [-0.05, 0) is 16.7 Å². The van der Waals surface area contributed by atoms with E-state index in [-0.39, 0.29) is 5.41 Å². The zero-order chi connectivity index (χ0) is 17.7. The summed E-state index contributed by atoms with van der Waals surface area (Å²) in [6, 6.07) is 38.7. The lowest BCUT2D eigenvalue weighted by Crippen LogP contribution is -2.47. The van der Waals surface area contributed by atoms with E-state index < -0.39 is 0 Å². The maximum atomic E-state index is 2.27. The molecule has 3 aromatic carbocycles. The van der Waals surface area contributed by atoms with Gasteiger partial charge in [0.05, 0.1) is 0 Å². The molecule has 126 valence electrons. The molecule has 4 rings (SSSR count). The predicted octanol–water partition coefficient (Wildman–Crippen LogP) is 5.01. The number of pyridine rings is 1. The lowest BCUT2D eigenvalue weighted by atomic mass is 9.69. The van der Waals surface area contributed by atoms with Crippen molar-refractivity contribution >= 4 is 0 Å². The van der Waals surface area contributed by atoms with Crippen LogP contribution in [0.3, 0.4) is 0 Å².